The molecule has 4 aromatic rings. The van der Waals surface area contributed by atoms with Crippen LogP contribution in [0.15, 0.2) is 78.9 Å². The molecule has 0 radical (unpaired) electrons. The van der Waals surface area contributed by atoms with Crippen LogP contribution in [0, 0.1) is 0 Å². The van der Waals surface area contributed by atoms with Crippen LogP contribution in [0.1, 0.15) is 0 Å². The standard InChI is InChI=1S/C18H13N3/c1-3-8-14(9-4-1)16-12-7-13-17-18(16)20-21(19-17)15-10-5-2-6-11-15/h1-13H. The summed E-state index contributed by atoms with van der Waals surface area (Å²) in [6.07, 6.45) is 0. The third-order valence-electron chi connectivity index (χ3n) is 3.48. The van der Waals surface area contributed by atoms with Gasteiger partial charge in [-0.15, -0.1) is 10.2 Å². The highest BCUT2D eigenvalue weighted by Crippen LogP contribution is 2.26. The average molecular weight is 271 g/mol. The van der Waals surface area contributed by atoms with Gasteiger partial charge in [0.1, 0.15) is 11.0 Å². The molecule has 0 atom stereocenters. The molecular weight excluding hydrogens is 258 g/mol. The Balaban J connectivity index is 1.93. The fourth-order valence-electron chi connectivity index (χ4n) is 2.46. The Labute approximate surface area is 122 Å². The molecule has 0 spiro atoms. The summed E-state index contributed by atoms with van der Waals surface area (Å²) in [5.41, 5.74) is 5.05. The van der Waals surface area contributed by atoms with Crippen molar-refractivity contribution in [3.8, 4) is 16.8 Å². The van der Waals surface area contributed by atoms with Crippen molar-refractivity contribution in [1.29, 1.82) is 0 Å². The summed E-state index contributed by atoms with van der Waals surface area (Å²) in [5, 5.41) is 9.24. The molecule has 0 saturated carbocycles. The van der Waals surface area contributed by atoms with E-state index < -0.39 is 0 Å². The van der Waals surface area contributed by atoms with Crippen molar-refractivity contribution < 1.29 is 0 Å². The highest BCUT2D eigenvalue weighted by molar-refractivity contribution is 5.91. The minimum absolute atomic E-state index is 0.903. The number of fused-ring (bicyclic) bond motifs is 1. The molecule has 3 heteroatoms. The van der Waals surface area contributed by atoms with Gasteiger partial charge in [0.2, 0.25) is 0 Å². The Kier molecular flexibility index (Phi) is 2.75. The summed E-state index contributed by atoms with van der Waals surface area (Å²) in [5.74, 6) is 0. The zero-order valence-electron chi connectivity index (χ0n) is 11.3. The summed E-state index contributed by atoms with van der Waals surface area (Å²) >= 11 is 0. The fourth-order valence-corrected chi connectivity index (χ4v) is 2.46. The van der Waals surface area contributed by atoms with E-state index in [2.05, 4.69) is 28.4 Å². The molecule has 21 heavy (non-hydrogen) atoms. The third kappa shape index (κ3) is 2.09. The molecule has 0 unspecified atom stereocenters. The van der Waals surface area contributed by atoms with Gasteiger partial charge in [0.15, 0.2) is 0 Å². The van der Waals surface area contributed by atoms with Crippen LogP contribution >= 0.6 is 0 Å². The Morgan fingerprint density at radius 1 is 0.619 bits per heavy atom. The van der Waals surface area contributed by atoms with Gasteiger partial charge >= 0.3 is 0 Å². The van der Waals surface area contributed by atoms with E-state index in [-0.39, 0.29) is 0 Å². The highest BCUT2D eigenvalue weighted by Gasteiger charge is 2.09. The molecule has 0 amide bonds. The van der Waals surface area contributed by atoms with E-state index >= 15 is 0 Å². The van der Waals surface area contributed by atoms with Gasteiger partial charge in [-0.1, -0.05) is 60.7 Å². The van der Waals surface area contributed by atoms with Gasteiger partial charge in [0.25, 0.3) is 0 Å². The monoisotopic (exact) mass is 271 g/mol. The van der Waals surface area contributed by atoms with E-state index in [9.17, 15) is 0 Å². The number of hydrogen-bond acceptors (Lipinski definition) is 2. The first-order chi connectivity index (χ1) is 10.4. The molecular formula is C18H13N3. The Bertz CT molecular complexity index is 880. The second-order valence-electron chi connectivity index (χ2n) is 4.86. The van der Waals surface area contributed by atoms with Crippen LogP contribution in [0.25, 0.3) is 27.8 Å². The Morgan fingerprint density at radius 2 is 1.33 bits per heavy atom. The molecule has 0 aliphatic heterocycles. The Morgan fingerprint density at radius 3 is 2.10 bits per heavy atom. The predicted molar refractivity (Wildman–Crippen MR) is 84.3 cm³/mol. The number of benzene rings is 3. The minimum atomic E-state index is 0.903. The lowest BCUT2D eigenvalue weighted by molar-refractivity contribution is 0.766. The molecule has 3 nitrogen and oxygen atoms in total. The van der Waals surface area contributed by atoms with Gasteiger partial charge < -0.3 is 0 Å². The smallest absolute Gasteiger partial charge is 0.121 e. The van der Waals surface area contributed by atoms with Gasteiger partial charge in [-0.05, 0) is 23.8 Å². The SMILES string of the molecule is c1ccc(-c2cccc3nn(-c4ccccc4)nc23)cc1. The molecule has 0 aliphatic rings. The van der Waals surface area contributed by atoms with Crippen LogP contribution in [0.4, 0.5) is 0 Å². The lowest BCUT2D eigenvalue weighted by Crippen LogP contribution is -1.97. The molecule has 0 fully saturated rings. The maximum atomic E-state index is 4.66. The first-order valence-electron chi connectivity index (χ1n) is 6.89. The summed E-state index contributed by atoms with van der Waals surface area (Å²) in [4.78, 5) is 1.69. The van der Waals surface area contributed by atoms with E-state index in [1.807, 2.05) is 60.7 Å². The average Bonchev–Trinajstić information content (AvgIpc) is 3.00. The number of para-hydroxylation sites is 1. The summed E-state index contributed by atoms with van der Waals surface area (Å²) in [6.45, 7) is 0. The van der Waals surface area contributed by atoms with Gasteiger partial charge in [-0.25, -0.2) is 0 Å². The third-order valence-corrected chi connectivity index (χ3v) is 3.48. The predicted octanol–water partition coefficient (Wildman–Crippen LogP) is 4.09. The van der Waals surface area contributed by atoms with Crippen molar-refractivity contribution in [1.82, 2.24) is 15.0 Å². The molecule has 0 aliphatic carbocycles. The van der Waals surface area contributed by atoms with Crippen molar-refractivity contribution in [3.05, 3.63) is 78.9 Å². The van der Waals surface area contributed by atoms with Crippen molar-refractivity contribution in [2.24, 2.45) is 0 Å². The van der Waals surface area contributed by atoms with Gasteiger partial charge in [0, 0.05) is 5.56 Å². The van der Waals surface area contributed by atoms with Gasteiger partial charge in [-0.3, -0.25) is 0 Å². The van der Waals surface area contributed by atoms with E-state index in [4.69, 9.17) is 0 Å². The van der Waals surface area contributed by atoms with Crippen LogP contribution in [-0.4, -0.2) is 15.0 Å². The second-order valence-corrected chi connectivity index (χ2v) is 4.86. The maximum absolute atomic E-state index is 4.66. The maximum Gasteiger partial charge on any atom is 0.121 e. The summed E-state index contributed by atoms with van der Waals surface area (Å²) in [7, 11) is 0. The zero-order valence-corrected chi connectivity index (χ0v) is 11.3. The van der Waals surface area contributed by atoms with E-state index in [0.717, 1.165) is 27.8 Å². The largest absolute Gasteiger partial charge is 0.150 e. The van der Waals surface area contributed by atoms with Crippen molar-refractivity contribution in [2.75, 3.05) is 0 Å². The zero-order chi connectivity index (χ0) is 14.1. The minimum Gasteiger partial charge on any atom is -0.150 e. The lowest BCUT2D eigenvalue weighted by Gasteiger charge is -2.00. The number of hydrogen-bond donors (Lipinski definition) is 0. The summed E-state index contributed by atoms with van der Waals surface area (Å²) in [6, 6.07) is 26.3. The van der Waals surface area contributed by atoms with Crippen molar-refractivity contribution >= 4 is 11.0 Å². The van der Waals surface area contributed by atoms with Crippen LogP contribution < -0.4 is 0 Å². The quantitative estimate of drug-likeness (QED) is 0.550. The van der Waals surface area contributed by atoms with Crippen LogP contribution in [0.5, 0.6) is 0 Å². The molecule has 1 heterocycles. The molecule has 4 rings (SSSR count). The number of nitrogens with zero attached hydrogens (tertiary/aromatic N) is 3. The second kappa shape index (κ2) is 4.87. The van der Waals surface area contributed by atoms with Crippen LogP contribution in [-0.2, 0) is 0 Å². The normalized spacial score (nSPS) is 10.9. The first kappa shape index (κ1) is 11.9. The molecule has 3 aromatic carbocycles. The van der Waals surface area contributed by atoms with Crippen LogP contribution in [0.3, 0.4) is 0 Å². The fraction of sp³-hybridized carbons (Fsp3) is 0. The molecule has 0 bridgehead atoms. The van der Waals surface area contributed by atoms with Gasteiger partial charge in [0.05, 0.1) is 5.69 Å². The first-order valence-corrected chi connectivity index (χ1v) is 6.89. The van der Waals surface area contributed by atoms with E-state index in [0.29, 0.717) is 0 Å². The van der Waals surface area contributed by atoms with Crippen molar-refractivity contribution in [2.45, 2.75) is 0 Å². The van der Waals surface area contributed by atoms with Gasteiger partial charge in [-0.2, -0.15) is 4.80 Å². The van der Waals surface area contributed by atoms with E-state index in [1.165, 1.54) is 0 Å². The molecule has 0 N–H and O–H groups in total. The van der Waals surface area contributed by atoms with Crippen LogP contribution in [0.2, 0.25) is 0 Å². The topological polar surface area (TPSA) is 30.7 Å². The number of rotatable bonds is 2. The summed E-state index contributed by atoms with van der Waals surface area (Å²) < 4.78 is 0. The van der Waals surface area contributed by atoms with Crippen molar-refractivity contribution in [3.63, 3.8) is 0 Å². The molecule has 100 valence electrons. The molecule has 1 aromatic heterocycles. The highest BCUT2D eigenvalue weighted by atomic mass is 15.5. The molecule has 0 saturated heterocycles. The Hall–Kier alpha value is -2.94. The number of aromatic nitrogens is 3. The van der Waals surface area contributed by atoms with E-state index in [1.54, 1.807) is 4.80 Å². The lowest BCUT2D eigenvalue weighted by atomic mass is 10.0.